The van der Waals surface area contributed by atoms with Gasteiger partial charge >= 0.3 is 0 Å². The van der Waals surface area contributed by atoms with Gasteiger partial charge in [-0.1, -0.05) is 0 Å². The molecule has 4 nitrogen and oxygen atoms in total. The molecule has 2 N–H and O–H groups in total. The molecule has 0 amide bonds. The van der Waals surface area contributed by atoms with Gasteiger partial charge in [0.15, 0.2) is 0 Å². The van der Waals surface area contributed by atoms with Gasteiger partial charge in [0.25, 0.3) is 0 Å². The fourth-order valence-corrected chi connectivity index (χ4v) is 2.74. The number of nitrogens with two attached hydrogens (primary N) is 1. The molecule has 0 aliphatic carbocycles. The Labute approximate surface area is 94.7 Å². The summed E-state index contributed by atoms with van der Waals surface area (Å²) in [6.07, 6.45) is 2.46. The molecule has 1 saturated heterocycles. The lowest BCUT2D eigenvalue weighted by molar-refractivity contribution is 0.364. The van der Waals surface area contributed by atoms with Crippen molar-refractivity contribution in [3.05, 3.63) is 5.82 Å². The van der Waals surface area contributed by atoms with E-state index in [1.807, 2.05) is 6.92 Å². The molecule has 2 unspecified atom stereocenters. The molecule has 0 radical (unpaired) electrons. The highest BCUT2D eigenvalue weighted by molar-refractivity contribution is 7.09. The van der Waals surface area contributed by atoms with E-state index >= 15 is 0 Å². The Morgan fingerprint density at radius 3 is 3.00 bits per heavy atom. The normalized spacial score (nSPS) is 24.2. The van der Waals surface area contributed by atoms with Crippen molar-refractivity contribution in [3.8, 4) is 0 Å². The number of rotatable bonds is 2. The zero-order chi connectivity index (χ0) is 10.8. The van der Waals surface area contributed by atoms with E-state index in [9.17, 15) is 0 Å². The van der Waals surface area contributed by atoms with Gasteiger partial charge in [-0.15, -0.1) is 0 Å². The minimum atomic E-state index is 0.279. The third kappa shape index (κ3) is 2.46. The van der Waals surface area contributed by atoms with Crippen LogP contribution in [0.15, 0.2) is 0 Å². The molecule has 1 aliphatic heterocycles. The standard InChI is InChI=1S/C10H18N4S/c1-7(11)9-4-3-5-14(6-9)10-12-8(2)13-15-10/h7,9H,3-6,11H2,1-2H3. The second-order valence-corrected chi connectivity index (χ2v) is 5.06. The number of aryl methyl sites for hydroxylation is 1. The number of hydrogen-bond acceptors (Lipinski definition) is 5. The molecule has 2 atom stereocenters. The summed E-state index contributed by atoms with van der Waals surface area (Å²) in [5.74, 6) is 1.47. The quantitative estimate of drug-likeness (QED) is 0.828. The van der Waals surface area contributed by atoms with Crippen molar-refractivity contribution in [2.45, 2.75) is 32.7 Å². The van der Waals surface area contributed by atoms with Crippen molar-refractivity contribution < 1.29 is 0 Å². The second kappa shape index (κ2) is 4.45. The van der Waals surface area contributed by atoms with E-state index in [4.69, 9.17) is 5.73 Å². The molecule has 1 aromatic heterocycles. The summed E-state index contributed by atoms with van der Waals surface area (Å²) in [6.45, 7) is 6.16. The topological polar surface area (TPSA) is 55.0 Å². The minimum Gasteiger partial charge on any atom is -0.347 e. The fourth-order valence-electron chi connectivity index (χ4n) is 2.03. The average Bonchev–Trinajstić information content (AvgIpc) is 2.65. The third-order valence-corrected chi connectivity index (χ3v) is 3.86. The van der Waals surface area contributed by atoms with Crippen molar-refractivity contribution >= 4 is 16.7 Å². The zero-order valence-electron chi connectivity index (χ0n) is 9.31. The van der Waals surface area contributed by atoms with Crippen molar-refractivity contribution in [1.29, 1.82) is 0 Å². The lowest BCUT2D eigenvalue weighted by Gasteiger charge is -2.34. The highest BCUT2D eigenvalue weighted by Gasteiger charge is 2.24. The number of hydrogen-bond donors (Lipinski definition) is 1. The number of piperidine rings is 1. The van der Waals surface area contributed by atoms with Crippen molar-refractivity contribution in [2.24, 2.45) is 11.7 Å². The van der Waals surface area contributed by atoms with Crippen LogP contribution in [0.2, 0.25) is 0 Å². The van der Waals surface area contributed by atoms with Gasteiger partial charge in [-0.05, 0) is 32.6 Å². The summed E-state index contributed by atoms with van der Waals surface area (Å²) in [5, 5.41) is 1.05. The van der Waals surface area contributed by atoms with E-state index < -0.39 is 0 Å². The Hall–Kier alpha value is -0.680. The molecule has 0 aromatic carbocycles. The van der Waals surface area contributed by atoms with E-state index in [0.717, 1.165) is 24.0 Å². The summed E-state index contributed by atoms with van der Waals surface area (Å²) in [5.41, 5.74) is 5.95. The number of anilines is 1. The van der Waals surface area contributed by atoms with Crippen LogP contribution in [0, 0.1) is 12.8 Å². The van der Waals surface area contributed by atoms with E-state index in [1.54, 1.807) is 0 Å². The highest BCUT2D eigenvalue weighted by atomic mass is 32.1. The van der Waals surface area contributed by atoms with Crippen LogP contribution in [0.3, 0.4) is 0 Å². The maximum absolute atomic E-state index is 5.95. The van der Waals surface area contributed by atoms with E-state index in [2.05, 4.69) is 21.2 Å². The van der Waals surface area contributed by atoms with Crippen LogP contribution in [-0.2, 0) is 0 Å². The molecule has 1 fully saturated rings. The van der Waals surface area contributed by atoms with Gasteiger partial charge in [-0.2, -0.15) is 4.37 Å². The minimum absolute atomic E-state index is 0.279. The van der Waals surface area contributed by atoms with Gasteiger partial charge in [0, 0.05) is 30.7 Å². The Balaban J connectivity index is 2.04. The SMILES string of the molecule is Cc1nsc(N2CCCC(C(C)N)C2)n1. The number of aromatic nitrogens is 2. The smallest absolute Gasteiger partial charge is 0.205 e. The fraction of sp³-hybridized carbons (Fsp3) is 0.800. The summed E-state index contributed by atoms with van der Waals surface area (Å²) >= 11 is 1.49. The van der Waals surface area contributed by atoms with E-state index in [1.165, 1.54) is 24.4 Å². The maximum atomic E-state index is 5.95. The van der Waals surface area contributed by atoms with Crippen LogP contribution in [0.1, 0.15) is 25.6 Å². The van der Waals surface area contributed by atoms with Gasteiger partial charge in [0.1, 0.15) is 5.82 Å². The molecule has 5 heteroatoms. The lowest BCUT2D eigenvalue weighted by Crippen LogP contribution is -2.42. The second-order valence-electron chi connectivity index (χ2n) is 4.33. The average molecular weight is 226 g/mol. The summed E-state index contributed by atoms with van der Waals surface area (Å²) in [6, 6.07) is 0.279. The Kier molecular flexibility index (Phi) is 3.21. The molecule has 2 heterocycles. The maximum Gasteiger partial charge on any atom is 0.205 e. The van der Waals surface area contributed by atoms with Gasteiger partial charge in [0.2, 0.25) is 5.13 Å². The first-order valence-electron chi connectivity index (χ1n) is 5.47. The molecule has 15 heavy (non-hydrogen) atoms. The number of nitrogens with zero attached hydrogens (tertiary/aromatic N) is 3. The van der Waals surface area contributed by atoms with Crippen LogP contribution in [0.25, 0.3) is 0 Å². The van der Waals surface area contributed by atoms with E-state index in [0.29, 0.717) is 5.92 Å². The molecular weight excluding hydrogens is 208 g/mol. The van der Waals surface area contributed by atoms with Crippen LogP contribution < -0.4 is 10.6 Å². The van der Waals surface area contributed by atoms with Gasteiger partial charge in [-0.3, -0.25) is 0 Å². The summed E-state index contributed by atoms with van der Waals surface area (Å²) < 4.78 is 4.22. The first-order chi connectivity index (χ1) is 7.16. The molecule has 1 aliphatic rings. The first-order valence-corrected chi connectivity index (χ1v) is 6.25. The van der Waals surface area contributed by atoms with Crippen LogP contribution in [0.4, 0.5) is 5.13 Å². The monoisotopic (exact) mass is 226 g/mol. The highest BCUT2D eigenvalue weighted by Crippen LogP contribution is 2.25. The molecule has 0 bridgehead atoms. The van der Waals surface area contributed by atoms with Crippen LogP contribution in [0.5, 0.6) is 0 Å². The van der Waals surface area contributed by atoms with Crippen LogP contribution in [-0.4, -0.2) is 28.5 Å². The summed E-state index contributed by atoms with van der Waals surface area (Å²) in [7, 11) is 0. The Morgan fingerprint density at radius 2 is 2.40 bits per heavy atom. The van der Waals surface area contributed by atoms with Crippen molar-refractivity contribution in [1.82, 2.24) is 9.36 Å². The molecular formula is C10H18N4S. The van der Waals surface area contributed by atoms with Crippen molar-refractivity contribution in [2.75, 3.05) is 18.0 Å². The predicted octanol–water partition coefficient (Wildman–Crippen LogP) is 1.41. The van der Waals surface area contributed by atoms with Gasteiger partial charge < -0.3 is 10.6 Å². The van der Waals surface area contributed by atoms with Crippen molar-refractivity contribution in [3.63, 3.8) is 0 Å². The summed E-state index contributed by atoms with van der Waals surface area (Å²) in [4.78, 5) is 6.74. The van der Waals surface area contributed by atoms with Crippen LogP contribution >= 0.6 is 11.5 Å². The molecule has 1 aromatic rings. The third-order valence-electron chi connectivity index (χ3n) is 2.99. The van der Waals surface area contributed by atoms with Gasteiger partial charge in [0.05, 0.1) is 0 Å². The zero-order valence-corrected chi connectivity index (χ0v) is 10.1. The Bertz CT molecular complexity index is 323. The predicted molar refractivity (Wildman–Crippen MR) is 63.2 cm³/mol. The lowest BCUT2D eigenvalue weighted by atomic mass is 9.92. The van der Waals surface area contributed by atoms with E-state index in [-0.39, 0.29) is 6.04 Å². The molecule has 84 valence electrons. The molecule has 2 rings (SSSR count). The molecule has 0 saturated carbocycles. The first kappa shape index (κ1) is 10.8. The molecule has 0 spiro atoms. The largest absolute Gasteiger partial charge is 0.347 e. The Morgan fingerprint density at radius 1 is 1.60 bits per heavy atom. The van der Waals surface area contributed by atoms with Gasteiger partial charge in [-0.25, -0.2) is 4.98 Å².